The summed E-state index contributed by atoms with van der Waals surface area (Å²) in [6.07, 6.45) is 5.96. The van der Waals surface area contributed by atoms with Gasteiger partial charge in [-0.2, -0.15) is 0 Å². The smallest absolute Gasteiger partial charge is 0.217 e. The molecule has 0 spiro atoms. The van der Waals surface area contributed by atoms with Crippen LogP contribution in [0.5, 0.6) is 0 Å². The fourth-order valence-electron chi connectivity index (χ4n) is 3.12. The lowest BCUT2D eigenvalue weighted by atomic mass is 10.1. The van der Waals surface area contributed by atoms with E-state index in [9.17, 15) is 4.79 Å². The van der Waals surface area contributed by atoms with Crippen molar-refractivity contribution >= 4 is 5.91 Å². The van der Waals surface area contributed by atoms with Crippen LogP contribution in [0.1, 0.15) is 48.6 Å². The standard InChI is InChI=1S/C18H23N5O/c1-13-19-8-7-16(22-13)12-23-9-3-4-18(23)17-6-5-15(11-21-17)10-20-14(2)24/h5-8,11,18H,3-4,9-10,12H2,1-2H3,(H,20,24). The Kier molecular flexibility index (Phi) is 5.15. The largest absolute Gasteiger partial charge is 0.352 e. The predicted molar refractivity (Wildman–Crippen MR) is 90.9 cm³/mol. The number of aryl methyl sites for hydroxylation is 1. The zero-order chi connectivity index (χ0) is 16.9. The first-order valence-corrected chi connectivity index (χ1v) is 8.33. The molecule has 3 heterocycles. The normalized spacial score (nSPS) is 17.8. The number of amides is 1. The molecule has 1 amide bonds. The van der Waals surface area contributed by atoms with E-state index in [1.807, 2.05) is 31.5 Å². The van der Waals surface area contributed by atoms with Crippen molar-refractivity contribution in [1.29, 1.82) is 0 Å². The minimum Gasteiger partial charge on any atom is -0.352 e. The molecule has 1 aliphatic heterocycles. The molecule has 1 unspecified atom stereocenters. The van der Waals surface area contributed by atoms with Crippen LogP contribution in [0.2, 0.25) is 0 Å². The van der Waals surface area contributed by atoms with Gasteiger partial charge in [-0.25, -0.2) is 9.97 Å². The summed E-state index contributed by atoms with van der Waals surface area (Å²) in [5.74, 6) is 0.782. The Balaban J connectivity index is 1.67. The Morgan fingerprint density at radius 3 is 2.92 bits per heavy atom. The molecule has 6 heteroatoms. The van der Waals surface area contributed by atoms with Gasteiger partial charge in [0, 0.05) is 32.4 Å². The molecular formula is C18H23N5O. The van der Waals surface area contributed by atoms with E-state index >= 15 is 0 Å². The molecular weight excluding hydrogens is 302 g/mol. The number of pyridine rings is 1. The van der Waals surface area contributed by atoms with Crippen molar-refractivity contribution in [2.24, 2.45) is 0 Å². The van der Waals surface area contributed by atoms with E-state index in [1.165, 1.54) is 13.3 Å². The lowest BCUT2D eigenvalue weighted by Crippen LogP contribution is -2.24. The molecule has 2 aromatic rings. The number of nitrogens with zero attached hydrogens (tertiary/aromatic N) is 4. The minimum absolute atomic E-state index is 0.0267. The van der Waals surface area contributed by atoms with Gasteiger partial charge in [0.15, 0.2) is 0 Å². The fourth-order valence-corrected chi connectivity index (χ4v) is 3.12. The maximum atomic E-state index is 11.0. The average Bonchev–Trinajstić information content (AvgIpc) is 3.01. The zero-order valence-corrected chi connectivity index (χ0v) is 14.2. The SMILES string of the molecule is CC(=O)NCc1ccc(C2CCCN2Cc2ccnc(C)n2)nc1. The summed E-state index contributed by atoms with van der Waals surface area (Å²) in [5.41, 5.74) is 3.16. The highest BCUT2D eigenvalue weighted by molar-refractivity contribution is 5.72. The van der Waals surface area contributed by atoms with E-state index in [1.54, 1.807) is 0 Å². The number of nitrogens with one attached hydrogen (secondary N) is 1. The first-order chi connectivity index (χ1) is 11.6. The van der Waals surface area contributed by atoms with E-state index in [2.05, 4.69) is 31.2 Å². The van der Waals surface area contributed by atoms with E-state index in [4.69, 9.17) is 0 Å². The minimum atomic E-state index is -0.0267. The molecule has 1 fully saturated rings. The number of rotatable bonds is 5. The van der Waals surface area contributed by atoms with Crippen molar-refractivity contribution in [3.63, 3.8) is 0 Å². The molecule has 6 nitrogen and oxygen atoms in total. The molecule has 0 aliphatic carbocycles. The van der Waals surface area contributed by atoms with Crippen LogP contribution >= 0.6 is 0 Å². The van der Waals surface area contributed by atoms with Gasteiger partial charge in [-0.15, -0.1) is 0 Å². The Hall–Kier alpha value is -2.34. The van der Waals surface area contributed by atoms with E-state index in [0.717, 1.165) is 42.3 Å². The maximum absolute atomic E-state index is 11.0. The summed E-state index contributed by atoms with van der Waals surface area (Å²) in [5, 5.41) is 2.79. The summed E-state index contributed by atoms with van der Waals surface area (Å²) in [6.45, 7) is 5.84. The van der Waals surface area contributed by atoms with Gasteiger partial charge in [0.1, 0.15) is 5.82 Å². The van der Waals surface area contributed by atoms with Crippen LogP contribution < -0.4 is 5.32 Å². The summed E-state index contributed by atoms with van der Waals surface area (Å²) < 4.78 is 0. The Morgan fingerprint density at radius 1 is 1.33 bits per heavy atom. The van der Waals surface area contributed by atoms with Crippen LogP contribution in [-0.2, 0) is 17.9 Å². The Bertz CT molecular complexity index is 701. The number of aromatic nitrogens is 3. The third-order valence-electron chi connectivity index (χ3n) is 4.29. The topological polar surface area (TPSA) is 71.0 Å². The van der Waals surface area contributed by atoms with Crippen molar-refractivity contribution in [1.82, 2.24) is 25.2 Å². The lowest BCUT2D eigenvalue weighted by molar-refractivity contribution is -0.119. The summed E-state index contributed by atoms with van der Waals surface area (Å²) in [7, 11) is 0. The molecule has 1 saturated heterocycles. The fraction of sp³-hybridized carbons (Fsp3) is 0.444. The second-order valence-corrected chi connectivity index (χ2v) is 6.22. The number of hydrogen-bond acceptors (Lipinski definition) is 5. The molecule has 0 bridgehead atoms. The molecule has 2 aromatic heterocycles. The summed E-state index contributed by atoms with van der Waals surface area (Å²) in [4.78, 5) is 26.7. The second-order valence-electron chi connectivity index (χ2n) is 6.22. The molecule has 1 aliphatic rings. The van der Waals surface area contributed by atoms with Crippen LogP contribution in [-0.4, -0.2) is 32.3 Å². The first-order valence-electron chi connectivity index (χ1n) is 8.33. The van der Waals surface area contributed by atoms with Crippen LogP contribution in [0, 0.1) is 6.92 Å². The summed E-state index contributed by atoms with van der Waals surface area (Å²) >= 11 is 0. The average molecular weight is 325 g/mol. The quantitative estimate of drug-likeness (QED) is 0.912. The molecule has 0 saturated carbocycles. The van der Waals surface area contributed by atoms with Crippen molar-refractivity contribution in [2.45, 2.75) is 45.8 Å². The molecule has 3 rings (SSSR count). The van der Waals surface area contributed by atoms with Crippen molar-refractivity contribution < 1.29 is 4.79 Å². The van der Waals surface area contributed by atoms with Gasteiger partial charge in [0.05, 0.1) is 17.4 Å². The molecule has 0 aromatic carbocycles. The zero-order valence-electron chi connectivity index (χ0n) is 14.2. The molecule has 1 N–H and O–H groups in total. The summed E-state index contributed by atoms with van der Waals surface area (Å²) in [6, 6.07) is 6.43. The molecule has 24 heavy (non-hydrogen) atoms. The number of hydrogen-bond donors (Lipinski definition) is 1. The Labute approximate surface area is 142 Å². The highest BCUT2D eigenvalue weighted by Crippen LogP contribution is 2.31. The monoisotopic (exact) mass is 325 g/mol. The van der Waals surface area contributed by atoms with Gasteiger partial charge in [0.25, 0.3) is 0 Å². The number of carbonyl (C=O) groups excluding carboxylic acids is 1. The molecule has 126 valence electrons. The van der Waals surface area contributed by atoms with Crippen LogP contribution in [0.4, 0.5) is 0 Å². The van der Waals surface area contributed by atoms with Crippen LogP contribution in [0.15, 0.2) is 30.6 Å². The number of carbonyl (C=O) groups is 1. The Morgan fingerprint density at radius 2 is 2.21 bits per heavy atom. The second kappa shape index (κ2) is 7.49. The van der Waals surface area contributed by atoms with E-state index < -0.39 is 0 Å². The third-order valence-corrected chi connectivity index (χ3v) is 4.29. The molecule has 1 atom stereocenters. The van der Waals surface area contributed by atoms with Gasteiger partial charge < -0.3 is 5.32 Å². The van der Waals surface area contributed by atoms with Gasteiger partial charge in [0.2, 0.25) is 5.91 Å². The van der Waals surface area contributed by atoms with E-state index in [-0.39, 0.29) is 5.91 Å². The third kappa shape index (κ3) is 4.14. The van der Waals surface area contributed by atoms with Gasteiger partial charge in [-0.05, 0) is 44.0 Å². The van der Waals surface area contributed by atoms with Crippen molar-refractivity contribution in [2.75, 3.05) is 6.54 Å². The number of likely N-dealkylation sites (tertiary alicyclic amines) is 1. The highest BCUT2D eigenvalue weighted by Gasteiger charge is 2.27. The maximum Gasteiger partial charge on any atom is 0.217 e. The van der Waals surface area contributed by atoms with Gasteiger partial charge >= 0.3 is 0 Å². The predicted octanol–water partition coefficient (Wildman–Crippen LogP) is 2.15. The van der Waals surface area contributed by atoms with Crippen LogP contribution in [0.3, 0.4) is 0 Å². The first kappa shape index (κ1) is 16.5. The molecule has 0 radical (unpaired) electrons. The highest BCUT2D eigenvalue weighted by atomic mass is 16.1. The van der Waals surface area contributed by atoms with Crippen LogP contribution in [0.25, 0.3) is 0 Å². The van der Waals surface area contributed by atoms with Crippen molar-refractivity contribution in [3.8, 4) is 0 Å². The van der Waals surface area contributed by atoms with Gasteiger partial charge in [-0.1, -0.05) is 6.07 Å². The van der Waals surface area contributed by atoms with Crippen molar-refractivity contribution in [3.05, 3.63) is 53.4 Å². The van der Waals surface area contributed by atoms with E-state index in [0.29, 0.717) is 12.6 Å². The van der Waals surface area contributed by atoms with Gasteiger partial charge in [-0.3, -0.25) is 14.7 Å². The lowest BCUT2D eigenvalue weighted by Gasteiger charge is -2.23.